The number of halogens is 2. The van der Waals surface area contributed by atoms with Gasteiger partial charge in [0, 0.05) is 6.04 Å². The fourth-order valence-corrected chi connectivity index (χ4v) is 2.32. The molecule has 2 aromatic rings. The van der Waals surface area contributed by atoms with E-state index in [2.05, 4.69) is 15.3 Å². The van der Waals surface area contributed by atoms with E-state index in [0.29, 0.717) is 24.6 Å². The number of aromatic amines is 1. The fraction of sp³-hybridized carbons (Fsp3) is 0.417. The van der Waals surface area contributed by atoms with Gasteiger partial charge in [-0.25, -0.2) is 13.8 Å². The van der Waals surface area contributed by atoms with Gasteiger partial charge in [0.15, 0.2) is 11.6 Å². The Kier molecular flexibility index (Phi) is 2.76. The summed E-state index contributed by atoms with van der Waals surface area (Å²) in [7, 11) is 1.84. The summed E-state index contributed by atoms with van der Waals surface area (Å²) < 4.78 is 32.1. The number of nitrogens with zero attached hydrogens (tertiary/aromatic N) is 1. The number of rotatable bonds is 2. The van der Waals surface area contributed by atoms with Crippen molar-refractivity contribution in [1.82, 2.24) is 15.3 Å². The average Bonchev–Trinajstić information content (AvgIpc) is 2.99. The van der Waals surface area contributed by atoms with Gasteiger partial charge in [0.2, 0.25) is 0 Å². The Labute approximate surface area is 102 Å². The lowest BCUT2D eigenvalue weighted by Gasteiger charge is -2.13. The van der Waals surface area contributed by atoms with E-state index in [1.165, 1.54) is 6.07 Å². The first-order chi connectivity index (χ1) is 8.70. The van der Waals surface area contributed by atoms with Gasteiger partial charge in [0.1, 0.15) is 11.3 Å². The molecule has 1 aliphatic rings. The second-order valence-corrected chi connectivity index (χ2v) is 4.42. The summed E-state index contributed by atoms with van der Waals surface area (Å²) in [6.45, 7) is 1.12. The molecule has 0 radical (unpaired) electrons. The topological polar surface area (TPSA) is 49.9 Å². The zero-order valence-electron chi connectivity index (χ0n) is 9.84. The number of likely N-dealkylation sites (N-methyl/N-ethyl adjacent to an activating group) is 1. The summed E-state index contributed by atoms with van der Waals surface area (Å²) in [5.41, 5.74) is 0.553. The zero-order chi connectivity index (χ0) is 12.7. The number of hydrogen-bond acceptors (Lipinski definition) is 3. The number of ether oxygens (including phenoxy) is 1. The average molecular weight is 253 g/mol. The smallest absolute Gasteiger partial charge is 0.186 e. The van der Waals surface area contributed by atoms with Crippen LogP contribution in [-0.2, 0) is 4.74 Å². The van der Waals surface area contributed by atoms with E-state index in [1.807, 2.05) is 7.05 Å². The molecule has 0 amide bonds. The SMILES string of the molecule is CNC1COCC1c1nc2c(F)c(F)ccc2[nH]1. The summed E-state index contributed by atoms with van der Waals surface area (Å²) in [6, 6.07) is 2.73. The van der Waals surface area contributed by atoms with Crippen molar-refractivity contribution >= 4 is 11.0 Å². The van der Waals surface area contributed by atoms with Crippen molar-refractivity contribution in [3.8, 4) is 0 Å². The third-order valence-electron chi connectivity index (χ3n) is 3.37. The van der Waals surface area contributed by atoms with E-state index in [-0.39, 0.29) is 17.5 Å². The Hall–Kier alpha value is -1.53. The third-order valence-corrected chi connectivity index (χ3v) is 3.37. The maximum absolute atomic E-state index is 13.6. The summed E-state index contributed by atoms with van der Waals surface area (Å²) in [5.74, 6) is -1.13. The van der Waals surface area contributed by atoms with Gasteiger partial charge < -0.3 is 15.0 Å². The first-order valence-corrected chi connectivity index (χ1v) is 5.79. The molecule has 2 heterocycles. The molecule has 0 aliphatic carbocycles. The molecule has 2 N–H and O–H groups in total. The van der Waals surface area contributed by atoms with Crippen LogP contribution in [0.5, 0.6) is 0 Å². The summed E-state index contributed by atoms with van der Waals surface area (Å²) in [5, 5.41) is 3.13. The number of H-pyrrole nitrogens is 1. The van der Waals surface area contributed by atoms with Crippen LogP contribution in [0.3, 0.4) is 0 Å². The first kappa shape index (κ1) is 11.6. The molecule has 0 saturated carbocycles. The van der Waals surface area contributed by atoms with Gasteiger partial charge in [-0.3, -0.25) is 0 Å². The van der Waals surface area contributed by atoms with Crippen LogP contribution in [0.25, 0.3) is 11.0 Å². The second-order valence-electron chi connectivity index (χ2n) is 4.42. The van der Waals surface area contributed by atoms with Gasteiger partial charge in [-0.1, -0.05) is 0 Å². The second kappa shape index (κ2) is 4.29. The fourth-order valence-electron chi connectivity index (χ4n) is 2.32. The third kappa shape index (κ3) is 1.69. The van der Waals surface area contributed by atoms with Gasteiger partial charge in [-0.15, -0.1) is 0 Å². The highest BCUT2D eigenvalue weighted by Gasteiger charge is 2.31. The van der Waals surface area contributed by atoms with E-state index in [9.17, 15) is 8.78 Å². The molecule has 0 spiro atoms. The monoisotopic (exact) mass is 253 g/mol. The van der Waals surface area contributed by atoms with Crippen LogP contribution in [0.4, 0.5) is 8.78 Å². The molecular formula is C12H13F2N3O. The lowest BCUT2D eigenvalue weighted by atomic mass is 10.0. The van der Waals surface area contributed by atoms with Crippen molar-refractivity contribution in [3.05, 3.63) is 29.6 Å². The first-order valence-electron chi connectivity index (χ1n) is 5.79. The maximum Gasteiger partial charge on any atom is 0.186 e. The van der Waals surface area contributed by atoms with Crippen LogP contribution < -0.4 is 5.32 Å². The summed E-state index contributed by atoms with van der Waals surface area (Å²) >= 11 is 0. The van der Waals surface area contributed by atoms with Crippen LogP contribution in [0.1, 0.15) is 11.7 Å². The van der Waals surface area contributed by atoms with Crippen LogP contribution in [-0.4, -0.2) is 36.3 Å². The van der Waals surface area contributed by atoms with Crippen molar-refractivity contribution in [3.63, 3.8) is 0 Å². The lowest BCUT2D eigenvalue weighted by Crippen LogP contribution is -2.31. The molecule has 1 aliphatic heterocycles. The van der Waals surface area contributed by atoms with Crippen LogP contribution in [0, 0.1) is 11.6 Å². The molecule has 1 saturated heterocycles. The summed E-state index contributed by atoms with van der Waals surface area (Å²) in [4.78, 5) is 7.19. The van der Waals surface area contributed by atoms with E-state index < -0.39 is 11.6 Å². The van der Waals surface area contributed by atoms with Crippen molar-refractivity contribution < 1.29 is 13.5 Å². The molecule has 2 atom stereocenters. The number of fused-ring (bicyclic) bond motifs is 1. The molecule has 0 bridgehead atoms. The number of aromatic nitrogens is 2. The van der Waals surface area contributed by atoms with Crippen molar-refractivity contribution in [1.29, 1.82) is 0 Å². The van der Waals surface area contributed by atoms with E-state index in [0.717, 1.165) is 6.07 Å². The number of benzene rings is 1. The minimum Gasteiger partial charge on any atom is -0.379 e. The summed E-state index contributed by atoms with van der Waals surface area (Å²) in [6.07, 6.45) is 0. The van der Waals surface area contributed by atoms with E-state index in [1.54, 1.807) is 0 Å². The zero-order valence-corrected chi connectivity index (χ0v) is 9.84. The highest BCUT2D eigenvalue weighted by Crippen LogP contribution is 2.27. The molecule has 1 aromatic heterocycles. The van der Waals surface area contributed by atoms with Gasteiger partial charge in [-0.2, -0.15) is 0 Å². The molecule has 3 rings (SSSR count). The van der Waals surface area contributed by atoms with Crippen LogP contribution in [0.2, 0.25) is 0 Å². The largest absolute Gasteiger partial charge is 0.379 e. The van der Waals surface area contributed by atoms with Gasteiger partial charge >= 0.3 is 0 Å². The Morgan fingerprint density at radius 2 is 2.22 bits per heavy atom. The van der Waals surface area contributed by atoms with E-state index >= 15 is 0 Å². The van der Waals surface area contributed by atoms with Gasteiger partial charge in [0.25, 0.3) is 0 Å². The quantitative estimate of drug-likeness (QED) is 0.853. The minimum absolute atomic E-state index is 0.0323. The number of nitrogens with one attached hydrogen (secondary N) is 2. The Morgan fingerprint density at radius 1 is 1.39 bits per heavy atom. The molecule has 4 nitrogen and oxygen atoms in total. The Morgan fingerprint density at radius 3 is 3.00 bits per heavy atom. The van der Waals surface area contributed by atoms with Crippen molar-refractivity contribution in [2.75, 3.05) is 20.3 Å². The predicted molar refractivity (Wildman–Crippen MR) is 62.4 cm³/mol. The molecule has 6 heteroatoms. The highest BCUT2D eigenvalue weighted by atomic mass is 19.2. The number of hydrogen-bond donors (Lipinski definition) is 2. The predicted octanol–water partition coefficient (Wildman–Crippen LogP) is 1.54. The standard InChI is InChI=1S/C12H13F2N3O/c1-15-9-5-18-4-6(9)12-16-8-3-2-7(13)10(14)11(8)17-12/h2-3,6,9,15H,4-5H2,1H3,(H,16,17). The molecular weight excluding hydrogens is 240 g/mol. The van der Waals surface area contributed by atoms with Crippen LogP contribution >= 0.6 is 0 Å². The molecule has 18 heavy (non-hydrogen) atoms. The lowest BCUT2D eigenvalue weighted by molar-refractivity contribution is 0.188. The van der Waals surface area contributed by atoms with Gasteiger partial charge in [0.05, 0.1) is 24.6 Å². The van der Waals surface area contributed by atoms with Crippen LogP contribution in [0.15, 0.2) is 12.1 Å². The number of imidazole rings is 1. The van der Waals surface area contributed by atoms with E-state index in [4.69, 9.17) is 4.74 Å². The van der Waals surface area contributed by atoms with Crippen molar-refractivity contribution in [2.24, 2.45) is 0 Å². The minimum atomic E-state index is -0.907. The maximum atomic E-state index is 13.6. The molecule has 2 unspecified atom stereocenters. The Bertz CT molecular complexity index is 584. The normalized spacial score (nSPS) is 23.9. The van der Waals surface area contributed by atoms with Gasteiger partial charge in [-0.05, 0) is 19.2 Å². The molecule has 96 valence electrons. The molecule has 1 fully saturated rings. The highest BCUT2D eigenvalue weighted by molar-refractivity contribution is 5.76. The molecule has 1 aromatic carbocycles. The Balaban J connectivity index is 2.06. The van der Waals surface area contributed by atoms with Crippen molar-refractivity contribution in [2.45, 2.75) is 12.0 Å².